The summed E-state index contributed by atoms with van der Waals surface area (Å²) < 4.78 is 0. The van der Waals surface area contributed by atoms with E-state index in [0.717, 1.165) is 31.9 Å². The number of amides is 1. The summed E-state index contributed by atoms with van der Waals surface area (Å²) in [6.45, 7) is 7.66. The van der Waals surface area contributed by atoms with Crippen LogP contribution < -0.4 is 10.2 Å². The van der Waals surface area contributed by atoms with Crippen molar-refractivity contribution in [3.8, 4) is 0 Å². The lowest BCUT2D eigenvalue weighted by Crippen LogP contribution is -2.46. The van der Waals surface area contributed by atoms with Crippen molar-refractivity contribution >= 4 is 40.5 Å². The smallest absolute Gasteiger partial charge is 0.257 e. The van der Waals surface area contributed by atoms with Crippen molar-refractivity contribution < 1.29 is 4.79 Å². The van der Waals surface area contributed by atoms with Crippen LogP contribution in [0.3, 0.4) is 0 Å². The zero-order valence-electron chi connectivity index (χ0n) is 14.8. The molecule has 0 radical (unpaired) electrons. The van der Waals surface area contributed by atoms with Crippen molar-refractivity contribution in [3.63, 3.8) is 0 Å². The Kier molecular flexibility index (Phi) is 6.41. The third kappa shape index (κ3) is 4.70. The third-order valence-electron chi connectivity index (χ3n) is 4.58. The first-order valence-corrected chi connectivity index (χ1v) is 9.66. The van der Waals surface area contributed by atoms with Gasteiger partial charge in [0, 0.05) is 42.6 Å². The summed E-state index contributed by atoms with van der Waals surface area (Å²) in [5.74, 6) is -0.243. The van der Waals surface area contributed by atoms with E-state index < -0.39 is 0 Å². The number of nitrogens with one attached hydrogen (secondary N) is 1. The molecule has 0 atom stereocenters. The van der Waals surface area contributed by atoms with E-state index in [1.165, 1.54) is 18.7 Å². The van der Waals surface area contributed by atoms with Crippen LogP contribution in [0.25, 0.3) is 0 Å². The van der Waals surface area contributed by atoms with E-state index in [-0.39, 0.29) is 5.91 Å². The highest BCUT2D eigenvalue weighted by Crippen LogP contribution is 2.23. The molecule has 1 aliphatic rings. The van der Waals surface area contributed by atoms with Crippen molar-refractivity contribution in [2.45, 2.75) is 13.3 Å². The van der Waals surface area contributed by atoms with Gasteiger partial charge in [0.2, 0.25) is 0 Å². The molecule has 0 aromatic heterocycles. The quantitative estimate of drug-likeness (QED) is 0.796. The predicted octanol–water partition coefficient (Wildman–Crippen LogP) is 4.78. The molecular weight excluding hydrogens is 369 g/mol. The van der Waals surface area contributed by atoms with Gasteiger partial charge in [-0.25, -0.2) is 0 Å². The first kappa shape index (κ1) is 19.0. The van der Waals surface area contributed by atoms with Gasteiger partial charge in [-0.1, -0.05) is 30.1 Å². The highest BCUT2D eigenvalue weighted by Gasteiger charge is 2.16. The summed E-state index contributed by atoms with van der Waals surface area (Å²) >= 11 is 12.0. The number of benzene rings is 2. The van der Waals surface area contributed by atoms with Crippen molar-refractivity contribution in [1.82, 2.24) is 4.90 Å². The van der Waals surface area contributed by atoms with Crippen LogP contribution in [0.1, 0.15) is 23.7 Å². The maximum absolute atomic E-state index is 12.4. The fourth-order valence-electron chi connectivity index (χ4n) is 3.17. The lowest BCUT2D eigenvalue weighted by Gasteiger charge is -2.36. The number of rotatable bonds is 5. The monoisotopic (exact) mass is 391 g/mol. The molecule has 1 saturated heterocycles. The Morgan fingerprint density at radius 1 is 1.04 bits per heavy atom. The van der Waals surface area contributed by atoms with Gasteiger partial charge in [0.05, 0.1) is 10.6 Å². The molecule has 0 unspecified atom stereocenters. The van der Waals surface area contributed by atoms with Gasteiger partial charge in [-0.2, -0.15) is 0 Å². The Morgan fingerprint density at radius 3 is 2.35 bits per heavy atom. The van der Waals surface area contributed by atoms with Crippen LogP contribution in [0, 0.1) is 0 Å². The van der Waals surface area contributed by atoms with Crippen molar-refractivity contribution in [3.05, 3.63) is 58.1 Å². The van der Waals surface area contributed by atoms with Crippen molar-refractivity contribution in [1.29, 1.82) is 0 Å². The summed E-state index contributed by atoms with van der Waals surface area (Å²) in [5, 5.41) is 3.73. The van der Waals surface area contributed by atoms with E-state index in [9.17, 15) is 4.79 Å². The molecule has 1 fully saturated rings. The third-order valence-corrected chi connectivity index (χ3v) is 5.13. The van der Waals surface area contributed by atoms with Gasteiger partial charge >= 0.3 is 0 Å². The molecular formula is C20H23Cl2N3O. The molecule has 138 valence electrons. The summed E-state index contributed by atoms with van der Waals surface area (Å²) in [6.07, 6.45) is 1.20. The van der Waals surface area contributed by atoms with Crippen LogP contribution >= 0.6 is 23.2 Å². The standard InChI is InChI=1S/C20H23Cl2N3O/c1-2-9-24-10-12-25(13-11-24)17-6-4-16(5-7-17)23-20(26)18-8-3-15(21)14-19(18)22/h3-8,14H,2,9-13H2,1H3,(H,23,26). The molecule has 0 saturated carbocycles. The molecule has 1 heterocycles. The van der Waals surface area contributed by atoms with E-state index in [4.69, 9.17) is 23.2 Å². The molecule has 26 heavy (non-hydrogen) atoms. The van der Waals surface area contributed by atoms with E-state index in [0.29, 0.717) is 15.6 Å². The van der Waals surface area contributed by atoms with Crippen LogP contribution in [0.15, 0.2) is 42.5 Å². The molecule has 1 N–H and O–H groups in total. The van der Waals surface area contributed by atoms with Crippen molar-refractivity contribution in [2.75, 3.05) is 42.9 Å². The second-order valence-corrected chi connectivity index (χ2v) is 7.30. The Bertz CT molecular complexity index is 756. The minimum Gasteiger partial charge on any atom is -0.369 e. The van der Waals surface area contributed by atoms with E-state index in [2.05, 4.69) is 34.2 Å². The topological polar surface area (TPSA) is 35.6 Å². The van der Waals surface area contributed by atoms with Gasteiger partial charge in [-0.15, -0.1) is 0 Å². The average molecular weight is 392 g/mol. The molecule has 0 aliphatic carbocycles. The summed E-state index contributed by atoms with van der Waals surface area (Å²) in [5.41, 5.74) is 2.34. The van der Waals surface area contributed by atoms with Gasteiger partial charge in [0.1, 0.15) is 0 Å². The van der Waals surface area contributed by atoms with E-state index in [1.807, 2.05) is 12.1 Å². The van der Waals surface area contributed by atoms with Crippen LogP contribution in [-0.2, 0) is 0 Å². The number of piperazine rings is 1. The SMILES string of the molecule is CCCN1CCN(c2ccc(NC(=O)c3ccc(Cl)cc3Cl)cc2)CC1. The molecule has 3 rings (SSSR count). The van der Waals surface area contributed by atoms with Gasteiger partial charge in [-0.3, -0.25) is 9.69 Å². The fourth-order valence-corrected chi connectivity index (χ4v) is 3.67. The predicted molar refractivity (Wildman–Crippen MR) is 110 cm³/mol. The normalized spacial score (nSPS) is 15.1. The van der Waals surface area contributed by atoms with Crippen LogP contribution in [0.4, 0.5) is 11.4 Å². The summed E-state index contributed by atoms with van der Waals surface area (Å²) in [7, 11) is 0. The van der Waals surface area contributed by atoms with Crippen LogP contribution in [-0.4, -0.2) is 43.5 Å². The van der Waals surface area contributed by atoms with Gasteiger partial charge in [-0.05, 0) is 55.4 Å². The number of hydrogen-bond acceptors (Lipinski definition) is 3. The Hall–Kier alpha value is -1.75. The minimum atomic E-state index is -0.243. The maximum Gasteiger partial charge on any atom is 0.257 e. The number of nitrogens with zero attached hydrogens (tertiary/aromatic N) is 2. The highest BCUT2D eigenvalue weighted by atomic mass is 35.5. The highest BCUT2D eigenvalue weighted by molar-refractivity contribution is 6.37. The first-order valence-electron chi connectivity index (χ1n) is 8.90. The van der Waals surface area contributed by atoms with Gasteiger partial charge < -0.3 is 10.2 Å². The minimum absolute atomic E-state index is 0.243. The van der Waals surface area contributed by atoms with Crippen LogP contribution in [0.2, 0.25) is 10.0 Å². The van der Waals surface area contributed by atoms with E-state index in [1.54, 1.807) is 18.2 Å². The zero-order valence-corrected chi connectivity index (χ0v) is 16.4. The van der Waals surface area contributed by atoms with Gasteiger partial charge in [0.15, 0.2) is 0 Å². The average Bonchev–Trinajstić information content (AvgIpc) is 2.63. The summed E-state index contributed by atoms with van der Waals surface area (Å²) in [4.78, 5) is 17.3. The zero-order chi connectivity index (χ0) is 18.5. The molecule has 1 aliphatic heterocycles. The largest absolute Gasteiger partial charge is 0.369 e. The number of anilines is 2. The molecule has 0 bridgehead atoms. The van der Waals surface area contributed by atoms with Crippen LogP contribution in [0.5, 0.6) is 0 Å². The lowest BCUT2D eigenvalue weighted by atomic mass is 10.2. The lowest BCUT2D eigenvalue weighted by molar-refractivity contribution is 0.102. The Morgan fingerprint density at radius 2 is 1.73 bits per heavy atom. The molecule has 1 amide bonds. The molecule has 2 aromatic rings. The number of carbonyl (C=O) groups excluding carboxylic acids is 1. The molecule has 6 heteroatoms. The maximum atomic E-state index is 12.4. The first-order chi connectivity index (χ1) is 12.6. The molecule has 2 aromatic carbocycles. The molecule has 4 nitrogen and oxygen atoms in total. The molecule has 0 spiro atoms. The second kappa shape index (κ2) is 8.76. The second-order valence-electron chi connectivity index (χ2n) is 6.45. The number of carbonyl (C=O) groups is 1. The number of hydrogen-bond donors (Lipinski definition) is 1. The Balaban J connectivity index is 1.60. The summed E-state index contributed by atoms with van der Waals surface area (Å²) in [6, 6.07) is 12.8. The van der Waals surface area contributed by atoms with Crippen molar-refractivity contribution in [2.24, 2.45) is 0 Å². The Labute approximate surface area is 164 Å². The fraction of sp³-hybridized carbons (Fsp3) is 0.350. The number of halogens is 2. The van der Waals surface area contributed by atoms with Gasteiger partial charge in [0.25, 0.3) is 5.91 Å². The van der Waals surface area contributed by atoms with E-state index >= 15 is 0 Å².